The van der Waals surface area contributed by atoms with Crippen LogP contribution in [-0.2, 0) is 11.0 Å². The highest BCUT2D eigenvalue weighted by Crippen LogP contribution is 2.43. The van der Waals surface area contributed by atoms with E-state index in [-0.39, 0.29) is 11.6 Å². The molecule has 1 unspecified atom stereocenters. The molecule has 0 radical (unpaired) electrons. The van der Waals surface area contributed by atoms with Crippen molar-refractivity contribution in [3.63, 3.8) is 0 Å². The number of carbonyl (C=O) groups excluding carboxylic acids is 1. The van der Waals surface area contributed by atoms with E-state index < -0.39 is 22.9 Å². The number of para-hydroxylation sites is 1. The molecule has 31 heavy (non-hydrogen) atoms. The molecule has 2 heterocycles. The minimum Gasteiger partial charge on any atom is -0.341 e. The summed E-state index contributed by atoms with van der Waals surface area (Å²) >= 11 is 1.28. The predicted octanol–water partition coefficient (Wildman–Crippen LogP) is 4.99. The van der Waals surface area contributed by atoms with Gasteiger partial charge in [0.2, 0.25) is 11.9 Å². The molecule has 2 aliphatic rings. The zero-order valence-corrected chi connectivity index (χ0v) is 18.3. The van der Waals surface area contributed by atoms with Crippen LogP contribution in [0.4, 0.5) is 24.8 Å². The van der Waals surface area contributed by atoms with E-state index >= 15 is 0 Å². The number of carbonyl (C=O) groups is 1. The number of amides is 1. The average molecular weight is 454 g/mol. The van der Waals surface area contributed by atoms with Crippen LogP contribution in [0.2, 0.25) is 0 Å². The highest BCUT2D eigenvalue weighted by molar-refractivity contribution is 8.00. The Bertz CT molecular complexity index is 935. The van der Waals surface area contributed by atoms with Crippen LogP contribution in [-0.4, -0.2) is 39.0 Å². The number of hydrogen-bond donors (Lipinski definition) is 1. The molecule has 1 atom stereocenters. The van der Waals surface area contributed by atoms with Gasteiger partial charge in [-0.15, -0.1) is 10.2 Å². The van der Waals surface area contributed by atoms with E-state index in [0.717, 1.165) is 50.8 Å². The number of alkyl halides is 3. The van der Waals surface area contributed by atoms with Gasteiger partial charge in [-0.05, 0) is 43.7 Å². The van der Waals surface area contributed by atoms with Crippen LogP contribution in [0, 0.1) is 5.92 Å². The second-order valence-electron chi connectivity index (χ2n) is 8.39. The van der Waals surface area contributed by atoms with Gasteiger partial charge < -0.3 is 10.2 Å². The van der Waals surface area contributed by atoms with E-state index in [2.05, 4.69) is 25.0 Å². The summed E-state index contributed by atoms with van der Waals surface area (Å²) < 4.78 is 42.1. The van der Waals surface area contributed by atoms with Crippen molar-refractivity contribution in [2.45, 2.75) is 62.2 Å². The zero-order chi connectivity index (χ0) is 22.2. The molecule has 1 N–H and O–H groups in total. The first-order valence-corrected chi connectivity index (χ1v) is 11.5. The van der Waals surface area contributed by atoms with Crippen molar-refractivity contribution in [2.75, 3.05) is 23.3 Å². The number of aromatic nitrogens is 3. The van der Waals surface area contributed by atoms with E-state index in [4.69, 9.17) is 0 Å². The molecule has 1 aromatic carbocycles. The minimum atomic E-state index is -4.54. The van der Waals surface area contributed by atoms with Crippen molar-refractivity contribution in [2.24, 2.45) is 5.92 Å². The Labute approximate surface area is 183 Å². The number of benzene rings is 1. The summed E-state index contributed by atoms with van der Waals surface area (Å²) in [6.45, 7) is 5.65. The quantitative estimate of drug-likeness (QED) is 0.599. The molecular formula is C21H26F3N5OS. The Morgan fingerprint density at radius 2 is 1.84 bits per heavy atom. The first kappa shape index (κ1) is 22.0. The number of thioether (sulfide) groups is 1. The lowest BCUT2D eigenvalue weighted by molar-refractivity contribution is -0.137. The van der Waals surface area contributed by atoms with Crippen molar-refractivity contribution < 1.29 is 18.0 Å². The molecule has 1 aromatic heterocycles. The molecule has 1 aliphatic carbocycles. The van der Waals surface area contributed by atoms with Crippen LogP contribution in [0.25, 0.3) is 0 Å². The van der Waals surface area contributed by atoms with Gasteiger partial charge in [-0.3, -0.25) is 9.36 Å². The van der Waals surface area contributed by atoms with Gasteiger partial charge in [0.25, 0.3) is 0 Å². The van der Waals surface area contributed by atoms with Crippen molar-refractivity contribution >= 4 is 29.3 Å². The number of nitrogens with zero attached hydrogens (tertiary/aromatic N) is 4. The van der Waals surface area contributed by atoms with Crippen LogP contribution >= 0.6 is 11.8 Å². The van der Waals surface area contributed by atoms with Gasteiger partial charge in [0.15, 0.2) is 5.16 Å². The molecule has 0 bridgehead atoms. The Morgan fingerprint density at radius 1 is 1.16 bits per heavy atom. The summed E-state index contributed by atoms with van der Waals surface area (Å²) in [6.07, 6.45) is -0.208. The maximum Gasteiger partial charge on any atom is 0.418 e. The van der Waals surface area contributed by atoms with Gasteiger partial charge in [-0.2, -0.15) is 13.2 Å². The van der Waals surface area contributed by atoms with Crippen LogP contribution in [0.3, 0.4) is 0 Å². The molecule has 6 nitrogen and oxygen atoms in total. The van der Waals surface area contributed by atoms with Gasteiger partial charge in [-0.25, -0.2) is 0 Å². The SMILES string of the molecule is CC(C)C(Sc1nnc(N2CCCC2)n1C1CC1)C(=O)Nc1ccccc1C(F)(F)F. The van der Waals surface area contributed by atoms with E-state index in [1.807, 2.05) is 13.8 Å². The first-order chi connectivity index (χ1) is 14.8. The summed E-state index contributed by atoms with van der Waals surface area (Å²) in [4.78, 5) is 15.3. The number of rotatable bonds is 7. The smallest absolute Gasteiger partial charge is 0.341 e. The summed E-state index contributed by atoms with van der Waals surface area (Å²) in [5.41, 5.74) is -1.08. The minimum absolute atomic E-state index is 0.109. The highest BCUT2D eigenvalue weighted by atomic mass is 32.2. The third-order valence-electron chi connectivity index (χ3n) is 5.53. The molecule has 1 saturated heterocycles. The molecule has 10 heteroatoms. The molecule has 2 fully saturated rings. The maximum absolute atomic E-state index is 13.3. The van der Waals surface area contributed by atoms with Crippen molar-refractivity contribution in [1.82, 2.24) is 14.8 Å². The predicted molar refractivity (Wildman–Crippen MR) is 114 cm³/mol. The van der Waals surface area contributed by atoms with Crippen LogP contribution in [0.1, 0.15) is 51.1 Å². The molecule has 4 rings (SSSR count). The van der Waals surface area contributed by atoms with E-state index in [0.29, 0.717) is 11.2 Å². The maximum atomic E-state index is 13.3. The lowest BCUT2D eigenvalue weighted by Crippen LogP contribution is -2.31. The Balaban J connectivity index is 1.56. The fourth-order valence-corrected chi connectivity index (χ4v) is 4.88. The van der Waals surface area contributed by atoms with Crippen molar-refractivity contribution in [3.8, 4) is 0 Å². The molecule has 0 spiro atoms. The van der Waals surface area contributed by atoms with Crippen LogP contribution in [0.5, 0.6) is 0 Å². The highest BCUT2D eigenvalue weighted by Gasteiger charge is 2.37. The molecular weight excluding hydrogens is 427 g/mol. The van der Waals surface area contributed by atoms with Gasteiger partial charge in [0, 0.05) is 19.1 Å². The average Bonchev–Trinajstić information content (AvgIpc) is 3.23. The molecule has 1 aliphatic heterocycles. The van der Waals surface area contributed by atoms with Gasteiger partial charge in [0.05, 0.1) is 16.5 Å². The lowest BCUT2D eigenvalue weighted by atomic mass is 10.1. The summed E-state index contributed by atoms with van der Waals surface area (Å²) in [5.74, 6) is 0.264. The Morgan fingerprint density at radius 3 is 2.45 bits per heavy atom. The van der Waals surface area contributed by atoms with Crippen molar-refractivity contribution in [1.29, 1.82) is 0 Å². The van der Waals surface area contributed by atoms with E-state index in [1.165, 1.54) is 30.0 Å². The van der Waals surface area contributed by atoms with Crippen LogP contribution in [0.15, 0.2) is 29.4 Å². The summed E-state index contributed by atoms with van der Waals surface area (Å²) in [7, 11) is 0. The second kappa shape index (κ2) is 8.72. The van der Waals surface area contributed by atoms with Gasteiger partial charge in [-0.1, -0.05) is 37.7 Å². The molecule has 168 valence electrons. The summed E-state index contributed by atoms with van der Waals surface area (Å²) in [6, 6.07) is 5.37. The third-order valence-corrected chi connectivity index (χ3v) is 7.04. The number of halogens is 3. The number of anilines is 2. The topological polar surface area (TPSA) is 63.1 Å². The first-order valence-electron chi connectivity index (χ1n) is 10.6. The second-order valence-corrected chi connectivity index (χ2v) is 9.50. The fraction of sp³-hybridized carbons (Fsp3) is 0.571. The monoisotopic (exact) mass is 453 g/mol. The standard InChI is InChI=1S/C21H26F3N5OS/c1-13(2)17(18(30)25-16-8-4-3-7-15(16)21(22,23)24)31-20-27-26-19(28-11-5-6-12-28)29(20)14-9-10-14/h3-4,7-8,13-14,17H,5-6,9-12H2,1-2H3,(H,25,30). The molecule has 1 saturated carbocycles. The lowest BCUT2D eigenvalue weighted by Gasteiger charge is -2.22. The largest absolute Gasteiger partial charge is 0.418 e. The van der Waals surface area contributed by atoms with E-state index in [1.54, 1.807) is 0 Å². The normalized spacial score (nSPS) is 17.9. The van der Waals surface area contributed by atoms with E-state index in [9.17, 15) is 18.0 Å². The number of nitrogens with one attached hydrogen (secondary N) is 1. The van der Waals surface area contributed by atoms with Gasteiger partial charge >= 0.3 is 6.18 Å². The fourth-order valence-electron chi connectivity index (χ4n) is 3.78. The summed E-state index contributed by atoms with van der Waals surface area (Å²) in [5, 5.41) is 11.3. The van der Waals surface area contributed by atoms with Crippen LogP contribution < -0.4 is 10.2 Å². The molecule has 1 amide bonds. The molecule has 2 aromatic rings. The Hall–Kier alpha value is -2.23. The third kappa shape index (κ3) is 4.83. The van der Waals surface area contributed by atoms with Gasteiger partial charge in [0.1, 0.15) is 0 Å². The Kier molecular flexibility index (Phi) is 6.18. The number of hydrogen-bond acceptors (Lipinski definition) is 5. The van der Waals surface area contributed by atoms with Crippen molar-refractivity contribution in [3.05, 3.63) is 29.8 Å². The zero-order valence-electron chi connectivity index (χ0n) is 17.5.